The highest BCUT2D eigenvalue weighted by atomic mass is 32.1. The summed E-state index contributed by atoms with van der Waals surface area (Å²) in [5.41, 5.74) is 2.76. The smallest absolute Gasteiger partial charge is 0.257 e. The Bertz CT molecular complexity index is 833. The molecule has 2 heterocycles. The summed E-state index contributed by atoms with van der Waals surface area (Å²) in [4.78, 5) is 28.9. The predicted molar refractivity (Wildman–Crippen MR) is 110 cm³/mol. The molecule has 1 aliphatic heterocycles. The summed E-state index contributed by atoms with van der Waals surface area (Å²) < 4.78 is 0. The summed E-state index contributed by atoms with van der Waals surface area (Å²) in [6.45, 7) is 3.63. The molecular weight excluding hydrogens is 356 g/mol. The van der Waals surface area contributed by atoms with Crippen LogP contribution in [0.3, 0.4) is 0 Å². The standard InChI is InChI=1S/C22H26N2O2S/c1-15-18(22(26)24-13-6-3-7-14-24)21(23-20(25)17-11-8-12-17)27-19(15)16-9-4-2-5-10-16/h2,4-5,9-10,17H,3,6-8,11-14H2,1H3,(H,23,25). The molecule has 2 aliphatic rings. The Morgan fingerprint density at radius 3 is 2.37 bits per heavy atom. The van der Waals surface area contributed by atoms with Crippen LogP contribution in [0.2, 0.25) is 0 Å². The van der Waals surface area contributed by atoms with Gasteiger partial charge in [-0.05, 0) is 50.2 Å². The lowest BCUT2D eigenvalue weighted by molar-refractivity contribution is -0.122. The number of carbonyl (C=O) groups excluding carboxylic acids is 2. The molecular formula is C22H26N2O2S. The number of hydrogen-bond donors (Lipinski definition) is 1. The first-order valence-corrected chi connectivity index (χ1v) is 10.8. The van der Waals surface area contributed by atoms with Crippen LogP contribution in [0, 0.1) is 12.8 Å². The number of benzene rings is 1. The third kappa shape index (κ3) is 3.65. The van der Waals surface area contributed by atoms with Crippen molar-refractivity contribution < 1.29 is 9.59 Å². The molecule has 1 saturated carbocycles. The zero-order chi connectivity index (χ0) is 18.8. The van der Waals surface area contributed by atoms with E-state index in [9.17, 15) is 9.59 Å². The van der Waals surface area contributed by atoms with Crippen LogP contribution in [0.5, 0.6) is 0 Å². The zero-order valence-electron chi connectivity index (χ0n) is 15.8. The van der Waals surface area contributed by atoms with Crippen LogP contribution in [-0.4, -0.2) is 29.8 Å². The highest BCUT2D eigenvalue weighted by Crippen LogP contribution is 2.41. The van der Waals surface area contributed by atoms with Crippen molar-refractivity contribution in [2.45, 2.75) is 45.4 Å². The van der Waals surface area contributed by atoms with Gasteiger partial charge in [-0.25, -0.2) is 0 Å². The van der Waals surface area contributed by atoms with Crippen molar-refractivity contribution in [1.82, 2.24) is 4.90 Å². The van der Waals surface area contributed by atoms with Crippen molar-refractivity contribution in [2.75, 3.05) is 18.4 Å². The summed E-state index contributed by atoms with van der Waals surface area (Å²) in [6.07, 6.45) is 6.34. The molecule has 0 bridgehead atoms. The molecule has 2 amide bonds. The molecule has 5 heteroatoms. The minimum Gasteiger partial charge on any atom is -0.339 e. The fraction of sp³-hybridized carbons (Fsp3) is 0.455. The van der Waals surface area contributed by atoms with Gasteiger partial charge < -0.3 is 10.2 Å². The van der Waals surface area contributed by atoms with Crippen molar-refractivity contribution in [2.24, 2.45) is 5.92 Å². The summed E-state index contributed by atoms with van der Waals surface area (Å²) in [5, 5.41) is 3.82. The molecule has 1 saturated heterocycles. The third-order valence-electron chi connectivity index (χ3n) is 5.75. The minimum absolute atomic E-state index is 0.0644. The summed E-state index contributed by atoms with van der Waals surface area (Å²) >= 11 is 1.53. The Morgan fingerprint density at radius 2 is 1.74 bits per heavy atom. The molecule has 2 aromatic rings. The van der Waals surface area contributed by atoms with Crippen LogP contribution in [0.15, 0.2) is 30.3 Å². The van der Waals surface area contributed by atoms with E-state index in [4.69, 9.17) is 0 Å². The van der Waals surface area contributed by atoms with E-state index in [-0.39, 0.29) is 17.7 Å². The highest BCUT2D eigenvalue weighted by molar-refractivity contribution is 7.20. The van der Waals surface area contributed by atoms with E-state index in [0.29, 0.717) is 5.56 Å². The van der Waals surface area contributed by atoms with E-state index >= 15 is 0 Å². The van der Waals surface area contributed by atoms with Gasteiger partial charge in [0.1, 0.15) is 5.00 Å². The van der Waals surface area contributed by atoms with Crippen LogP contribution < -0.4 is 5.32 Å². The fourth-order valence-electron chi connectivity index (χ4n) is 3.86. The van der Waals surface area contributed by atoms with Gasteiger partial charge >= 0.3 is 0 Å². The predicted octanol–water partition coefficient (Wildman–Crippen LogP) is 5.09. The number of anilines is 1. The molecule has 142 valence electrons. The van der Waals surface area contributed by atoms with E-state index in [0.717, 1.165) is 66.2 Å². The van der Waals surface area contributed by atoms with Crippen molar-refractivity contribution in [3.63, 3.8) is 0 Å². The second-order valence-corrected chi connectivity index (χ2v) is 8.62. The van der Waals surface area contributed by atoms with E-state index in [2.05, 4.69) is 17.4 Å². The molecule has 4 rings (SSSR count). The Morgan fingerprint density at radius 1 is 1.04 bits per heavy atom. The topological polar surface area (TPSA) is 49.4 Å². The Balaban J connectivity index is 1.70. The van der Waals surface area contributed by atoms with Crippen molar-refractivity contribution >= 4 is 28.2 Å². The maximum atomic E-state index is 13.3. The molecule has 0 atom stereocenters. The number of amides is 2. The first-order valence-electron chi connectivity index (χ1n) is 9.94. The van der Waals surface area contributed by atoms with Crippen LogP contribution in [-0.2, 0) is 4.79 Å². The van der Waals surface area contributed by atoms with Gasteiger partial charge in [-0.1, -0.05) is 36.8 Å². The number of rotatable bonds is 4. The van der Waals surface area contributed by atoms with Crippen LogP contribution in [0.1, 0.15) is 54.4 Å². The molecule has 1 aromatic heterocycles. The average molecular weight is 383 g/mol. The second-order valence-electron chi connectivity index (χ2n) is 7.60. The number of hydrogen-bond acceptors (Lipinski definition) is 3. The minimum atomic E-state index is 0.0644. The summed E-state index contributed by atoms with van der Waals surface area (Å²) in [7, 11) is 0. The number of nitrogens with one attached hydrogen (secondary N) is 1. The van der Waals surface area contributed by atoms with Crippen LogP contribution in [0.4, 0.5) is 5.00 Å². The van der Waals surface area contributed by atoms with Crippen LogP contribution in [0.25, 0.3) is 10.4 Å². The lowest BCUT2D eigenvalue weighted by atomic mass is 9.85. The molecule has 0 unspecified atom stereocenters. The lowest BCUT2D eigenvalue weighted by Gasteiger charge is -2.28. The molecule has 0 radical (unpaired) electrons. The molecule has 4 nitrogen and oxygen atoms in total. The maximum Gasteiger partial charge on any atom is 0.257 e. The Kier molecular flexibility index (Phi) is 5.30. The van der Waals surface area contributed by atoms with Gasteiger partial charge in [-0.15, -0.1) is 11.3 Å². The number of likely N-dealkylation sites (tertiary alicyclic amines) is 1. The van der Waals surface area contributed by atoms with E-state index in [1.165, 1.54) is 17.8 Å². The number of thiophene rings is 1. The Hall–Kier alpha value is -2.14. The first-order chi connectivity index (χ1) is 13.1. The van der Waals surface area contributed by atoms with Crippen LogP contribution >= 0.6 is 11.3 Å². The maximum absolute atomic E-state index is 13.3. The zero-order valence-corrected chi connectivity index (χ0v) is 16.6. The molecule has 1 aromatic carbocycles. The monoisotopic (exact) mass is 382 g/mol. The third-order valence-corrected chi connectivity index (χ3v) is 7.01. The summed E-state index contributed by atoms with van der Waals surface area (Å²) in [6, 6.07) is 10.1. The molecule has 1 N–H and O–H groups in total. The average Bonchev–Trinajstić information content (AvgIpc) is 2.97. The molecule has 0 spiro atoms. The number of carbonyl (C=O) groups is 2. The van der Waals surface area contributed by atoms with E-state index in [1.807, 2.05) is 30.0 Å². The highest BCUT2D eigenvalue weighted by Gasteiger charge is 2.30. The first kappa shape index (κ1) is 18.2. The van der Waals surface area contributed by atoms with Crippen molar-refractivity contribution in [3.05, 3.63) is 41.5 Å². The Labute approximate surface area is 164 Å². The van der Waals surface area contributed by atoms with Gasteiger partial charge in [0, 0.05) is 23.9 Å². The lowest BCUT2D eigenvalue weighted by Crippen LogP contribution is -2.36. The van der Waals surface area contributed by atoms with Gasteiger partial charge in [-0.3, -0.25) is 9.59 Å². The quantitative estimate of drug-likeness (QED) is 0.801. The van der Waals surface area contributed by atoms with Gasteiger partial charge in [0.2, 0.25) is 5.91 Å². The normalized spacial score (nSPS) is 17.4. The van der Waals surface area contributed by atoms with E-state index < -0.39 is 0 Å². The largest absolute Gasteiger partial charge is 0.339 e. The van der Waals surface area contributed by atoms with Gasteiger partial charge in [0.25, 0.3) is 5.91 Å². The van der Waals surface area contributed by atoms with Gasteiger partial charge in [-0.2, -0.15) is 0 Å². The molecule has 1 aliphatic carbocycles. The number of piperidine rings is 1. The van der Waals surface area contributed by atoms with Crippen molar-refractivity contribution in [3.8, 4) is 10.4 Å². The molecule has 2 fully saturated rings. The van der Waals surface area contributed by atoms with Gasteiger partial charge in [0.05, 0.1) is 5.56 Å². The van der Waals surface area contributed by atoms with E-state index in [1.54, 1.807) is 0 Å². The summed E-state index contributed by atoms with van der Waals surface area (Å²) in [5.74, 6) is 0.231. The van der Waals surface area contributed by atoms with Gasteiger partial charge in [0.15, 0.2) is 0 Å². The number of nitrogens with zero attached hydrogens (tertiary/aromatic N) is 1. The fourth-order valence-corrected chi connectivity index (χ4v) is 5.07. The SMILES string of the molecule is Cc1c(-c2ccccc2)sc(NC(=O)C2CCC2)c1C(=O)N1CCCCC1. The van der Waals surface area contributed by atoms with Crippen molar-refractivity contribution in [1.29, 1.82) is 0 Å². The molecule has 27 heavy (non-hydrogen) atoms. The second kappa shape index (κ2) is 7.85.